The average molecular weight is 802 g/mol. The summed E-state index contributed by atoms with van der Waals surface area (Å²) in [6.07, 6.45) is 43.5. The molecule has 4 heterocycles. The Morgan fingerprint density at radius 1 is 0.558 bits per heavy atom. The molecule has 1 aliphatic heterocycles. The van der Waals surface area contributed by atoms with E-state index in [0.29, 0.717) is 30.1 Å². The Morgan fingerprint density at radius 3 is 1.23 bits per heavy atom. The molecule has 1 unspecified atom stereocenters. The van der Waals surface area contributed by atoms with Crippen LogP contribution in [0.1, 0.15) is 141 Å². The fraction of sp³-hybridized carbons (Fsp3) is 0.690. The third kappa shape index (κ3) is 13.1. The number of H-pyrrole nitrogens is 3. The van der Waals surface area contributed by atoms with E-state index in [2.05, 4.69) is 48.8 Å². The Morgan fingerprint density at radius 2 is 0.923 bits per heavy atom. The molecule has 5 aliphatic rings. The first-order valence-electron chi connectivity index (χ1n) is 20.4. The van der Waals surface area contributed by atoms with Crippen molar-refractivity contribution in [1.29, 1.82) is 0 Å². The van der Waals surface area contributed by atoms with Crippen LogP contribution >= 0.6 is 0 Å². The van der Waals surface area contributed by atoms with Gasteiger partial charge in [-0.15, -0.1) is 0 Å². The number of hydrogen-bond donors (Lipinski definition) is 5. The van der Waals surface area contributed by atoms with E-state index in [0.717, 1.165) is 12.1 Å². The van der Waals surface area contributed by atoms with Gasteiger partial charge in [-0.3, -0.25) is 15.3 Å². The topological polar surface area (TPSA) is 141 Å². The van der Waals surface area contributed by atoms with E-state index in [-0.39, 0.29) is 25.5 Å². The predicted octanol–water partition coefficient (Wildman–Crippen LogP) is 9.97. The Kier molecular flexibility index (Phi) is 18.9. The molecule has 288 valence electrons. The van der Waals surface area contributed by atoms with E-state index < -0.39 is 11.2 Å². The first-order valence-corrected chi connectivity index (χ1v) is 20.4. The summed E-state index contributed by atoms with van der Waals surface area (Å²) in [5.74, 6) is 1.73. The maximum atomic E-state index is 12.4. The molecular formula is C42H66N7O2Ru+. The van der Waals surface area contributed by atoms with Gasteiger partial charge in [0.2, 0.25) is 0 Å². The van der Waals surface area contributed by atoms with Crippen LogP contribution in [0.25, 0.3) is 5.32 Å². The van der Waals surface area contributed by atoms with Crippen LogP contribution in [-0.4, -0.2) is 58.0 Å². The summed E-state index contributed by atoms with van der Waals surface area (Å²) in [7, 11) is 0. The van der Waals surface area contributed by atoms with Gasteiger partial charge >= 0.3 is 19.5 Å². The van der Waals surface area contributed by atoms with Crippen molar-refractivity contribution in [3.8, 4) is 0 Å². The normalized spacial score (nSPS) is 22.1. The van der Waals surface area contributed by atoms with E-state index in [1.165, 1.54) is 128 Å². The number of rotatable bonds is 8. The van der Waals surface area contributed by atoms with Gasteiger partial charge in [0.15, 0.2) is 0 Å². The molecule has 5 N–H and O–H groups in total. The van der Waals surface area contributed by atoms with Crippen LogP contribution in [0.15, 0.2) is 79.3 Å². The predicted molar refractivity (Wildman–Crippen MR) is 206 cm³/mol. The fourth-order valence-electron chi connectivity index (χ4n) is 9.78. The molecule has 52 heavy (non-hydrogen) atoms. The molecule has 8 rings (SSSR count). The van der Waals surface area contributed by atoms with Crippen LogP contribution < -0.4 is 0 Å². The van der Waals surface area contributed by atoms with Gasteiger partial charge in [0.05, 0.1) is 11.2 Å². The zero-order valence-corrected chi connectivity index (χ0v) is 33.1. The van der Waals surface area contributed by atoms with Crippen LogP contribution in [0.4, 0.5) is 0 Å². The van der Waals surface area contributed by atoms with Gasteiger partial charge in [-0.1, -0.05) is 101 Å². The Balaban J connectivity index is 0.000000310. The summed E-state index contributed by atoms with van der Waals surface area (Å²) in [5, 5.41) is 48.7. The molecule has 4 aliphatic carbocycles. The summed E-state index contributed by atoms with van der Waals surface area (Å²) >= 11 is 0. The van der Waals surface area contributed by atoms with Gasteiger partial charge in [0.25, 0.3) is 0 Å². The minimum Gasteiger partial charge on any atom is -0.682 e. The number of aliphatic hydroxyl groups is 2. The average Bonchev–Trinajstić information content (AvgIpc) is 4.05. The monoisotopic (exact) mass is 802 g/mol. The third-order valence-corrected chi connectivity index (χ3v) is 12.4. The van der Waals surface area contributed by atoms with Gasteiger partial charge in [-0.2, -0.15) is 21.0 Å². The van der Waals surface area contributed by atoms with Gasteiger partial charge < -0.3 is 15.5 Å². The third-order valence-electron chi connectivity index (χ3n) is 12.4. The van der Waals surface area contributed by atoms with Crippen molar-refractivity contribution in [2.45, 2.75) is 159 Å². The summed E-state index contributed by atoms with van der Waals surface area (Å²) < 4.78 is 0. The van der Waals surface area contributed by atoms with Crippen molar-refractivity contribution < 1.29 is 29.7 Å². The van der Waals surface area contributed by atoms with E-state index in [9.17, 15) is 10.2 Å². The standard InChI is InChI=1S/C33H54NO2.3C3H4N2.Ru/c35-32(26-14-5-1-6-15-26,27-16-7-2-8-17-27)24-30-22-13-23-31(34-30)25-33(36,28-18-9-3-10-19-28)29-20-11-4-12-21-29;3*1-2-4-5-3-1;/h13,22-23,26-30,35-36H,1-12,14-21,24-25H2;3*1-3H,(H,4,5);/q-1;;;;+2. The van der Waals surface area contributed by atoms with Gasteiger partial charge in [0, 0.05) is 37.2 Å². The van der Waals surface area contributed by atoms with Crippen molar-refractivity contribution in [2.24, 2.45) is 23.7 Å². The first-order chi connectivity index (χ1) is 25.1. The summed E-state index contributed by atoms with van der Waals surface area (Å²) in [5.41, 5.74) is -0.0874. The van der Waals surface area contributed by atoms with E-state index in [4.69, 9.17) is 5.32 Å². The molecule has 3 aromatic rings. The maximum Gasteiger partial charge on any atom is 2.00 e. The van der Waals surface area contributed by atoms with Crippen LogP contribution in [0, 0.1) is 23.7 Å². The fourth-order valence-corrected chi connectivity index (χ4v) is 9.78. The SMILES string of the molecule is OC(CC1=CC=CC(CC(O)(C2CCCCC2)C2CCCCC2)[N-]1)(C1CCCCC1)C1CCCCC1.[Ru+2].c1cn[nH]c1.c1cn[nH]c1.c1cn[nH]c1. The summed E-state index contributed by atoms with van der Waals surface area (Å²) in [6.45, 7) is 0. The number of aromatic amines is 3. The molecule has 0 spiro atoms. The molecule has 10 heteroatoms. The second-order valence-electron chi connectivity index (χ2n) is 15.7. The van der Waals surface area contributed by atoms with E-state index in [1.54, 1.807) is 37.2 Å². The van der Waals surface area contributed by atoms with Gasteiger partial charge in [-0.25, -0.2) is 0 Å². The number of hydrogen-bond acceptors (Lipinski definition) is 5. The summed E-state index contributed by atoms with van der Waals surface area (Å²) in [6, 6.07) is 5.56. The number of nitrogens with one attached hydrogen (secondary N) is 3. The largest absolute Gasteiger partial charge is 2.00 e. The smallest absolute Gasteiger partial charge is 0.682 e. The molecule has 4 fully saturated rings. The second-order valence-corrected chi connectivity index (χ2v) is 15.7. The van der Waals surface area contributed by atoms with Crippen LogP contribution in [-0.2, 0) is 19.5 Å². The minimum atomic E-state index is -0.602. The second kappa shape index (κ2) is 23.3. The zero-order chi connectivity index (χ0) is 35.5. The molecule has 0 saturated heterocycles. The maximum absolute atomic E-state index is 12.4. The molecule has 9 nitrogen and oxygen atoms in total. The van der Waals surface area contributed by atoms with E-state index in [1.807, 2.05) is 18.2 Å². The first kappa shape index (κ1) is 42.2. The van der Waals surface area contributed by atoms with Crippen molar-refractivity contribution >= 4 is 0 Å². The van der Waals surface area contributed by atoms with Crippen LogP contribution in [0.3, 0.4) is 0 Å². The minimum absolute atomic E-state index is 0. The molecule has 0 bridgehead atoms. The summed E-state index contributed by atoms with van der Waals surface area (Å²) in [4.78, 5) is 0. The number of nitrogens with zero attached hydrogens (tertiary/aromatic N) is 4. The molecule has 1 atom stereocenters. The van der Waals surface area contributed by atoms with Crippen molar-refractivity contribution in [3.05, 3.63) is 84.6 Å². The van der Waals surface area contributed by atoms with Crippen molar-refractivity contribution in [3.63, 3.8) is 0 Å². The van der Waals surface area contributed by atoms with Crippen LogP contribution in [0.2, 0.25) is 0 Å². The molecule has 0 amide bonds. The van der Waals surface area contributed by atoms with Crippen LogP contribution in [0.5, 0.6) is 0 Å². The van der Waals surface area contributed by atoms with Crippen molar-refractivity contribution in [2.75, 3.05) is 0 Å². The molecular weight excluding hydrogens is 736 g/mol. The molecule has 4 saturated carbocycles. The molecule has 3 aromatic heterocycles. The van der Waals surface area contributed by atoms with Crippen molar-refractivity contribution in [1.82, 2.24) is 30.6 Å². The van der Waals surface area contributed by atoms with Gasteiger partial charge in [0.1, 0.15) is 0 Å². The number of aromatic nitrogens is 6. The van der Waals surface area contributed by atoms with Gasteiger partial charge in [-0.05, 0) is 106 Å². The molecule has 0 aromatic carbocycles. The zero-order valence-electron chi connectivity index (χ0n) is 31.4. The van der Waals surface area contributed by atoms with E-state index >= 15 is 0 Å². The Hall–Kier alpha value is -2.55. The Bertz CT molecular complexity index is 1160. The number of allylic oxidation sites excluding steroid dienone is 2. The molecule has 0 radical (unpaired) electrons. The quantitative estimate of drug-likeness (QED) is 0.144. The Labute approximate surface area is 325 Å².